The number of benzene rings is 2. The fourth-order valence-electron chi connectivity index (χ4n) is 8.63. The van der Waals surface area contributed by atoms with E-state index in [1.807, 2.05) is 68.5 Å². The largest absolute Gasteiger partial charge is 0.481 e. The number of aryl methyl sites for hydroxylation is 2. The third kappa shape index (κ3) is 20.2. The molecule has 0 saturated heterocycles. The van der Waals surface area contributed by atoms with Crippen molar-refractivity contribution in [3.63, 3.8) is 0 Å². The Morgan fingerprint density at radius 3 is 1.42 bits per heavy atom. The van der Waals surface area contributed by atoms with Gasteiger partial charge in [-0.1, -0.05) is 85.0 Å². The predicted molar refractivity (Wildman–Crippen MR) is 231 cm³/mol. The highest BCUT2D eigenvalue weighted by Gasteiger charge is 2.41. The van der Waals surface area contributed by atoms with Crippen LogP contribution in [-0.4, -0.2) is 90.4 Å². The minimum Gasteiger partial charge on any atom is -0.481 e. The highest BCUT2D eigenvalue weighted by molar-refractivity contribution is 5.69. The zero-order valence-electron chi connectivity index (χ0n) is 35.5. The Hall–Kier alpha value is -3.38. The molecule has 2 aromatic carbocycles. The highest BCUT2D eigenvalue weighted by atomic mass is 16.5. The van der Waals surface area contributed by atoms with Gasteiger partial charge in [0.05, 0.1) is 42.7 Å². The van der Waals surface area contributed by atoms with E-state index in [0.29, 0.717) is 83.5 Å². The summed E-state index contributed by atoms with van der Waals surface area (Å²) in [6, 6.07) is 20.2. The molecule has 2 aliphatic carbocycles. The summed E-state index contributed by atoms with van der Waals surface area (Å²) in [5.41, 5.74) is 2.43. The zero-order chi connectivity index (χ0) is 43.0. The number of aliphatic carboxylic acids is 1. The van der Waals surface area contributed by atoms with Gasteiger partial charge in [0.1, 0.15) is 0 Å². The van der Waals surface area contributed by atoms with Gasteiger partial charge in [-0.15, -0.1) is 0 Å². The topological polar surface area (TPSA) is 185 Å². The number of unbranched alkanes of at least 4 members (excludes halogenated alkanes) is 2. The van der Waals surface area contributed by atoms with Crippen LogP contribution in [0.1, 0.15) is 128 Å². The first kappa shape index (κ1) is 50.0. The molecule has 0 spiro atoms. The molecule has 59 heavy (non-hydrogen) atoms. The zero-order valence-corrected chi connectivity index (χ0v) is 35.5. The smallest absolute Gasteiger partial charge is 0.306 e. The van der Waals surface area contributed by atoms with Crippen LogP contribution in [0.3, 0.4) is 0 Å². The van der Waals surface area contributed by atoms with E-state index in [1.54, 1.807) is 0 Å². The van der Waals surface area contributed by atoms with E-state index >= 15 is 0 Å². The van der Waals surface area contributed by atoms with Gasteiger partial charge in [0, 0.05) is 12.8 Å². The van der Waals surface area contributed by atoms with Crippen LogP contribution in [0.25, 0.3) is 0 Å². The van der Waals surface area contributed by atoms with Crippen molar-refractivity contribution in [1.29, 1.82) is 0 Å². The molecule has 4 rings (SSSR count). The van der Waals surface area contributed by atoms with Crippen molar-refractivity contribution >= 4 is 11.9 Å². The second-order valence-electron chi connectivity index (χ2n) is 17.0. The van der Waals surface area contributed by atoms with Crippen LogP contribution in [0.2, 0.25) is 0 Å². The molecule has 330 valence electrons. The van der Waals surface area contributed by atoms with Gasteiger partial charge in [-0.2, -0.15) is 0 Å². The lowest BCUT2D eigenvalue weighted by molar-refractivity contribution is -0.147. The number of esters is 1. The number of hydrogen-bond donors (Lipinski definition) is 7. The second kappa shape index (κ2) is 28.2. The minimum atomic E-state index is -0.784. The predicted octanol–water partition coefficient (Wildman–Crippen LogP) is 7.51. The lowest BCUT2D eigenvalue weighted by Crippen LogP contribution is -2.23. The molecule has 7 N–H and O–H groups in total. The second-order valence-corrected chi connectivity index (χ2v) is 17.0. The quantitative estimate of drug-likeness (QED) is 0.0301. The molecule has 10 heteroatoms. The number of rotatable bonds is 25. The average molecular weight is 823 g/mol. The maximum absolute atomic E-state index is 11.5. The Morgan fingerprint density at radius 2 is 1.02 bits per heavy atom. The molecule has 10 atom stereocenters. The number of aliphatic hydroxyl groups excluding tert-OH is 6. The minimum absolute atomic E-state index is 0.00652. The molecular weight excluding hydrogens is 749 g/mol. The molecule has 10 unspecified atom stereocenters. The third-order valence-electron chi connectivity index (χ3n) is 12.0. The summed E-state index contributed by atoms with van der Waals surface area (Å²) in [7, 11) is 0. The van der Waals surface area contributed by atoms with Gasteiger partial charge in [-0.3, -0.25) is 9.59 Å². The van der Waals surface area contributed by atoms with Crippen LogP contribution in [0.5, 0.6) is 0 Å². The van der Waals surface area contributed by atoms with Crippen LogP contribution in [0.15, 0.2) is 85.0 Å². The maximum Gasteiger partial charge on any atom is 0.306 e. The first-order chi connectivity index (χ1) is 28.3. The normalized spacial score (nSPS) is 25.3. The number of carboxylic acid groups (broad SMARTS) is 1. The fraction of sp³-hybridized carbons (Fsp3) is 0.633. The van der Waals surface area contributed by atoms with E-state index in [1.165, 1.54) is 11.1 Å². The number of ether oxygens (including phenoxy) is 1. The summed E-state index contributed by atoms with van der Waals surface area (Å²) in [5, 5.41) is 70.8. The monoisotopic (exact) mass is 823 g/mol. The van der Waals surface area contributed by atoms with Gasteiger partial charge in [-0.05, 0) is 151 Å². The van der Waals surface area contributed by atoms with Gasteiger partial charge in [0.2, 0.25) is 0 Å². The lowest BCUT2D eigenvalue weighted by atomic mass is 9.85. The molecule has 0 aromatic heterocycles. The number of carboxylic acids is 1. The number of aliphatic hydroxyl groups is 6. The molecule has 0 radical (unpaired) electrons. The van der Waals surface area contributed by atoms with Crippen molar-refractivity contribution in [2.24, 2.45) is 23.7 Å². The summed E-state index contributed by atoms with van der Waals surface area (Å²) in [6.45, 7) is 3.69. The molecular formula is C49H74O10. The van der Waals surface area contributed by atoms with Crippen LogP contribution in [0.4, 0.5) is 0 Å². The Bertz CT molecular complexity index is 1480. The number of carbonyl (C=O) groups excluding carboxylic acids is 1. The summed E-state index contributed by atoms with van der Waals surface area (Å²) >= 11 is 0. The van der Waals surface area contributed by atoms with E-state index in [-0.39, 0.29) is 42.2 Å². The summed E-state index contributed by atoms with van der Waals surface area (Å²) in [6.07, 6.45) is 16.5. The van der Waals surface area contributed by atoms with Crippen molar-refractivity contribution in [2.75, 3.05) is 0 Å². The Balaban J connectivity index is 0.000000317. The van der Waals surface area contributed by atoms with Crippen molar-refractivity contribution in [3.05, 3.63) is 96.1 Å². The Morgan fingerprint density at radius 1 is 0.610 bits per heavy atom. The van der Waals surface area contributed by atoms with Gasteiger partial charge >= 0.3 is 11.9 Å². The van der Waals surface area contributed by atoms with Crippen LogP contribution < -0.4 is 0 Å². The van der Waals surface area contributed by atoms with Gasteiger partial charge in [0.25, 0.3) is 0 Å². The third-order valence-corrected chi connectivity index (χ3v) is 12.0. The van der Waals surface area contributed by atoms with E-state index in [2.05, 4.69) is 30.3 Å². The van der Waals surface area contributed by atoms with Crippen molar-refractivity contribution in [1.82, 2.24) is 0 Å². The number of carbonyl (C=O) groups is 2. The fourth-order valence-corrected chi connectivity index (χ4v) is 8.63. The number of allylic oxidation sites excluding steroid dienone is 4. The Labute approximate surface area is 353 Å². The molecule has 2 fully saturated rings. The molecule has 10 nitrogen and oxygen atoms in total. The maximum atomic E-state index is 11.5. The van der Waals surface area contributed by atoms with Crippen molar-refractivity contribution < 1.29 is 50.1 Å². The van der Waals surface area contributed by atoms with Crippen molar-refractivity contribution in [2.45, 2.75) is 172 Å². The molecule has 2 aromatic rings. The lowest BCUT2D eigenvalue weighted by Gasteiger charge is -2.23. The van der Waals surface area contributed by atoms with Crippen LogP contribution in [-0.2, 0) is 27.2 Å². The van der Waals surface area contributed by atoms with Crippen LogP contribution in [0, 0.1) is 23.7 Å². The van der Waals surface area contributed by atoms with Crippen molar-refractivity contribution in [3.8, 4) is 0 Å². The standard InChI is InChI=1S/C26H40O5.C23H34O5/c1-19(2)31-26(30)13-9-4-3-8-12-22-23(25(29)18-24(22)28)17-16-21(27)15-14-20-10-6-5-7-11-20;24-18(13-12-17-8-4-3-5-9-17)14-15-20-19(21(25)16-22(20)26)10-6-1-2-7-11-23(27)28/h3,5-8,10-11,19,21-25,27-29H,4,9,12-18H2,1-2H3;1,3-6,8-9,18-22,24-26H,2,7,10-16H2,(H,27,28)/b8-3-;6-1-. The van der Waals surface area contributed by atoms with Gasteiger partial charge in [0.15, 0.2) is 0 Å². The van der Waals surface area contributed by atoms with Gasteiger partial charge < -0.3 is 40.5 Å². The van der Waals surface area contributed by atoms with E-state index in [9.17, 15) is 40.2 Å². The average Bonchev–Trinajstić information content (AvgIpc) is 3.64. The molecule has 0 aliphatic heterocycles. The summed E-state index contributed by atoms with van der Waals surface area (Å²) in [4.78, 5) is 22.1. The molecule has 2 aliphatic rings. The van der Waals surface area contributed by atoms with E-state index in [0.717, 1.165) is 25.7 Å². The summed E-state index contributed by atoms with van der Waals surface area (Å²) < 4.78 is 5.12. The first-order valence-electron chi connectivity index (χ1n) is 22.2. The molecule has 0 amide bonds. The number of hydrogen-bond acceptors (Lipinski definition) is 9. The van der Waals surface area contributed by atoms with E-state index in [4.69, 9.17) is 9.84 Å². The molecule has 0 bridgehead atoms. The van der Waals surface area contributed by atoms with E-state index < -0.39 is 42.6 Å². The Kier molecular flexibility index (Phi) is 23.9. The first-order valence-corrected chi connectivity index (χ1v) is 22.2. The van der Waals surface area contributed by atoms with Gasteiger partial charge in [-0.25, -0.2) is 0 Å². The SMILES string of the molecule is CC(C)OC(=O)CCC/C=C\CC1C(O)CC(O)C1CCC(O)CCc1ccccc1.O=C(O)CCC/C=C\CC1C(O)CC(O)C1CCC(O)CCc1ccccc1. The molecule has 0 heterocycles. The summed E-state index contributed by atoms with van der Waals surface area (Å²) in [5.74, 6) is -0.945. The highest BCUT2D eigenvalue weighted by Crippen LogP contribution is 2.40. The molecule has 2 saturated carbocycles. The van der Waals surface area contributed by atoms with Crippen LogP contribution >= 0.6 is 0 Å².